The van der Waals surface area contributed by atoms with Crippen LogP contribution >= 0.6 is 0 Å². The summed E-state index contributed by atoms with van der Waals surface area (Å²) in [6, 6.07) is 10.1. The van der Waals surface area contributed by atoms with Crippen molar-refractivity contribution >= 4 is 12.1 Å². The first-order valence-electron chi connectivity index (χ1n) is 6.73. The Balaban J connectivity index is 2.34. The van der Waals surface area contributed by atoms with Gasteiger partial charge in [-0.3, -0.25) is 0 Å². The molecule has 1 atom stereocenters. The van der Waals surface area contributed by atoms with Crippen molar-refractivity contribution in [3.8, 4) is 17.1 Å². The van der Waals surface area contributed by atoms with E-state index in [9.17, 15) is 14.7 Å². The van der Waals surface area contributed by atoms with Crippen molar-refractivity contribution in [2.24, 2.45) is 0 Å². The lowest BCUT2D eigenvalue weighted by Crippen LogP contribution is -2.55. The predicted molar refractivity (Wildman–Crippen MR) is 78.6 cm³/mol. The van der Waals surface area contributed by atoms with E-state index in [1.54, 1.807) is 37.4 Å². The Hall–Kier alpha value is -2.96. The van der Waals surface area contributed by atoms with Crippen molar-refractivity contribution < 1.29 is 28.6 Å². The number of furan rings is 1. The smallest absolute Gasteiger partial charge is 0.407 e. The number of ether oxygens (including phenoxy) is 2. The summed E-state index contributed by atoms with van der Waals surface area (Å²) < 4.78 is 15.1. The van der Waals surface area contributed by atoms with E-state index in [1.807, 2.05) is 0 Å². The van der Waals surface area contributed by atoms with Crippen molar-refractivity contribution in [2.45, 2.75) is 12.5 Å². The second-order valence-corrected chi connectivity index (χ2v) is 4.92. The fourth-order valence-electron chi connectivity index (χ4n) is 1.99. The molecule has 0 aliphatic rings. The molecule has 0 unspecified atom stereocenters. The van der Waals surface area contributed by atoms with Crippen LogP contribution in [-0.4, -0.2) is 26.3 Å². The Morgan fingerprint density at radius 3 is 2.30 bits per heavy atom. The summed E-state index contributed by atoms with van der Waals surface area (Å²) in [5, 5.41) is 13.6. The molecule has 0 saturated heterocycles. The SMILES string of the molecule is COC(=O)N[C@](C)(C(=O)[O-])c1ccc(-c2ccc(OC)cc2)o1. The number of carboxylic acids is 1. The molecule has 23 heavy (non-hydrogen) atoms. The fourth-order valence-corrected chi connectivity index (χ4v) is 1.99. The lowest BCUT2D eigenvalue weighted by molar-refractivity contribution is -0.314. The zero-order valence-electron chi connectivity index (χ0n) is 12.9. The van der Waals surface area contributed by atoms with Crippen molar-refractivity contribution in [3.05, 3.63) is 42.2 Å². The lowest BCUT2D eigenvalue weighted by atomic mass is 10.00. The average Bonchev–Trinajstić information content (AvgIpc) is 3.05. The fraction of sp³-hybridized carbons (Fsp3) is 0.250. The van der Waals surface area contributed by atoms with E-state index in [-0.39, 0.29) is 5.76 Å². The van der Waals surface area contributed by atoms with Crippen LogP contribution in [0.5, 0.6) is 5.75 Å². The number of aliphatic carboxylic acids is 1. The number of carboxylic acid groups (broad SMARTS) is 1. The van der Waals surface area contributed by atoms with Crippen molar-refractivity contribution in [3.63, 3.8) is 0 Å². The molecule has 2 aromatic rings. The Morgan fingerprint density at radius 2 is 1.78 bits per heavy atom. The van der Waals surface area contributed by atoms with E-state index in [0.29, 0.717) is 11.5 Å². The van der Waals surface area contributed by atoms with E-state index < -0.39 is 17.6 Å². The maximum atomic E-state index is 11.4. The van der Waals surface area contributed by atoms with Gasteiger partial charge in [-0.25, -0.2) is 4.79 Å². The van der Waals surface area contributed by atoms with Crippen LogP contribution in [0.2, 0.25) is 0 Å². The van der Waals surface area contributed by atoms with E-state index in [4.69, 9.17) is 9.15 Å². The first-order chi connectivity index (χ1) is 10.9. The van der Waals surface area contributed by atoms with Crippen LogP contribution in [0.1, 0.15) is 12.7 Å². The Bertz CT molecular complexity index is 706. The van der Waals surface area contributed by atoms with Gasteiger partial charge in [-0.15, -0.1) is 0 Å². The monoisotopic (exact) mass is 318 g/mol. The normalized spacial score (nSPS) is 13.0. The van der Waals surface area contributed by atoms with Gasteiger partial charge in [0.2, 0.25) is 0 Å². The molecule has 0 spiro atoms. The second kappa shape index (κ2) is 6.43. The summed E-state index contributed by atoms with van der Waals surface area (Å²) in [7, 11) is 2.69. The van der Waals surface area contributed by atoms with Gasteiger partial charge in [-0.05, 0) is 43.3 Å². The maximum absolute atomic E-state index is 11.4. The summed E-state index contributed by atoms with van der Waals surface area (Å²) in [6.45, 7) is 1.26. The molecule has 0 aliphatic heterocycles. The summed E-state index contributed by atoms with van der Waals surface area (Å²) in [5.74, 6) is -0.360. The number of nitrogens with one attached hydrogen (secondary N) is 1. The zero-order chi connectivity index (χ0) is 17.0. The molecule has 0 radical (unpaired) electrons. The van der Waals surface area contributed by atoms with E-state index >= 15 is 0 Å². The molecule has 2 rings (SSSR count). The van der Waals surface area contributed by atoms with E-state index in [2.05, 4.69) is 10.1 Å². The first-order valence-corrected chi connectivity index (χ1v) is 6.73. The van der Waals surface area contributed by atoms with Gasteiger partial charge in [-0.1, -0.05) is 0 Å². The molecule has 1 aromatic carbocycles. The van der Waals surface area contributed by atoms with Gasteiger partial charge in [0.1, 0.15) is 22.8 Å². The Kier molecular flexibility index (Phi) is 4.59. The maximum Gasteiger partial charge on any atom is 0.407 e. The van der Waals surface area contributed by atoms with Crippen LogP contribution in [0.4, 0.5) is 4.79 Å². The molecule has 122 valence electrons. The van der Waals surface area contributed by atoms with Gasteiger partial charge >= 0.3 is 6.09 Å². The first kappa shape index (κ1) is 16.4. The van der Waals surface area contributed by atoms with Crippen LogP contribution in [0.15, 0.2) is 40.8 Å². The third kappa shape index (κ3) is 3.28. The zero-order valence-corrected chi connectivity index (χ0v) is 12.9. The minimum absolute atomic E-state index is 0.0220. The molecule has 0 saturated carbocycles. The topological polar surface area (TPSA) is 101 Å². The number of methoxy groups -OCH3 is 2. The van der Waals surface area contributed by atoms with Crippen molar-refractivity contribution in [1.82, 2.24) is 5.32 Å². The quantitative estimate of drug-likeness (QED) is 0.891. The van der Waals surface area contributed by atoms with Crippen molar-refractivity contribution in [2.75, 3.05) is 14.2 Å². The third-order valence-corrected chi connectivity index (χ3v) is 3.42. The molecule has 1 amide bonds. The summed E-state index contributed by atoms with van der Waals surface area (Å²) in [4.78, 5) is 22.8. The number of hydrogen-bond donors (Lipinski definition) is 1. The second-order valence-electron chi connectivity index (χ2n) is 4.92. The largest absolute Gasteiger partial charge is 0.547 e. The molecule has 1 aromatic heterocycles. The number of hydrogen-bond acceptors (Lipinski definition) is 6. The predicted octanol–water partition coefficient (Wildman–Crippen LogP) is 1.28. The van der Waals surface area contributed by atoms with Crippen LogP contribution in [0, 0.1) is 0 Å². The number of benzene rings is 1. The highest BCUT2D eigenvalue weighted by molar-refractivity contribution is 5.83. The van der Waals surface area contributed by atoms with Gasteiger partial charge in [-0.2, -0.15) is 0 Å². The van der Waals surface area contributed by atoms with Gasteiger partial charge in [0.05, 0.1) is 20.2 Å². The molecule has 7 nitrogen and oxygen atoms in total. The minimum Gasteiger partial charge on any atom is -0.547 e. The third-order valence-electron chi connectivity index (χ3n) is 3.42. The highest BCUT2D eigenvalue weighted by atomic mass is 16.5. The standard InChI is InChI=1S/C16H17NO6/c1-16(14(18)19,17-15(20)22-3)13-9-8-12(23-13)10-4-6-11(21-2)7-5-10/h4-9H,1-3H3,(H,17,20)(H,18,19)/p-1/t16-/m0/s1. The lowest BCUT2D eigenvalue weighted by Gasteiger charge is -2.28. The van der Waals surface area contributed by atoms with Gasteiger partial charge in [0.25, 0.3) is 0 Å². The number of rotatable bonds is 5. The summed E-state index contributed by atoms with van der Waals surface area (Å²) in [5.41, 5.74) is -1.12. The number of carbonyl (C=O) groups is 2. The van der Waals surface area contributed by atoms with Crippen LogP contribution in [0.25, 0.3) is 11.3 Å². The Labute approximate surface area is 132 Å². The number of carbonyl (C=O) groups excluding carboxylic acids is 2. The highest BCUT2D eigenvalue weighted by Crippen LogP contribution is 2.29. The van der Waals surface area contributed by atoms with Crippen LogP contribution in [0.3, 0.4) is 0 Å². The highest BCUT2D eigenvalue weighted by Gasteiger charge is 2.34. The number of alkyl carbamates (subject to hydrolysis) is 1. The van der Waals surface area contributed by atoms with Gasteiger partial charge < -0.3 is 29.1 Å². The Morgan fingerprint density at radius 1 is 1.13 bits per heavy atom. The molecule has 1 N–H and O–H groups in total. The molecule has 0 fully saturated rings. The van der Waals surface area contributed by atoms with Gasteiger partial charge in [0.15, 0.2) is 0 Å². The van der Waals surface area contributed by atoms with Crippen molar-refractivity contribution in [1.29, 1.82) is 0 Å². The van der Waals surface area contributed by atoms with Gasteiger partial charge in [0, 0.05) is 5.56 Å². The molecule has 0 aliphatic carbocycles. The molecule has 1 heterocycles. The minimum atomic E-state index is -1.85. The number of amides is 1. The van der Waals surface area contributed by atoms with E-state index in [1.165, 1.54) is 13.0 Å². The molecular weight excluding hydrogens is 302 g/mol. The molecular formula is C16H16NO6-. The molecule has 7 heteroatoms. The van der Waals surface area contributed by atoms with Crippen LogP contribution < -0.4 is 15.2 Å². The van der Waals surface area contributed by atoms with E-state index in [0.717, 1.165) is 12.7 Å². The summed E-state index contributed by atoms with van der Waals surface area (Å²) >= 11 is 0. The summed E-state index contributed by atoms with van der Waals surface area (Å²) in [6.07, 6.45) is -0.904. The van der Waals surface area contributed by atoms with Crippen LogP contribution in [-0.2, 0) is 15.1 Å². The molecule has 0 bridgehead atoms. The average molecular weight is 318 g/mol.